The molecule has 1 fully saturated rings. The number of halogens is 3. The second-order valence-electron chi connectivity index (χ2n) is 9.86. The zero-order valence-corrected chi connectivity index (χ0v) is 22.0. The number of aromatic nitrogens is 4. The van der Waals surface area contributed by atoms with Crippen LogP contribution in [0.3, 0.4) is 0 Å². The average molecular weight is 548 g/mol. The number of amides is 1. The molecule has 0 spiro atoms. The van der Waals surface area contributed by atoms with E-state index in [2.05, 4.69) is 35.5 Å². The molecule has 5 rings (SSSR count). The summed E-state index contributed by atoms with van der Waals surface area (Å²) in [4.78, 5) is 32.5. The van der Waals surface area contributed by atoms with Crippen molar-refractivity contribution < 1.29 is 18.0 Å². The Balaban J connectivity index is 1.37. The number of carbonyl (C=O) groups excluding carboxylic acids is 1. The molecule has 1 aromatic carbocycles. The molecule has 8 nitrogen and oxygen atoms in total. The summed E-state index contributed by atoms with van der Waals surface area (Å²) in [6, 6.07) is 10.8. The molecule has 11 heteroatoms. The van der Waals surface area contributed by atoms with E-state index in [-0.39, 0.29) is 17.2 Å². The molecule has 0 atom stereocenters. The van der Waals surface area contributed by atoms with Crippen LogP contribution in [-0.4, -0.2) is 50.9 Å². The Bertz CT molecular complexity index is 1500. The topological polar surface area (TPSA) is 95.9 Å². The average Bonchev–Trinajstić information content (AvgIpc) is 2.94. The van der Waals surface area contributed by atoms with Gasteiger partial charge in [0.2, 0.25) is 5.95 Å². The first kappa shape index (κ1) is 27.2. The zero-order valence-electron chi connectivity index (χ0n) is 22.0. The van der Waals surface area contributed by atoms with Crippen molar-refractivity contribution in [3.8, 4) is 11.3 Å². The summed E-state index contributed by atoms with van der Waals surface area (Å²) in [5, 5.41) is 5.73. The van der Waals surface area contributed by atoms with E-state index in [9.17, 15) is 18.0 Å². The van der Waals surface area contributed by atoms with Gasteiger partial charge in [0.15, 0.2) is 0 Å². The highest BCUT2D eigenvalue weighted by molar-refractivity contribution is 6.04. The SMILES string of the molecule is Cc1ncc(C(=O)Nc2cc(C3CCN(C)CC3)cc(C(F)(F)F)c2)cc1Nc1nccc(-c2cccnc2)n1. The van der Waals surface area contributed by atoms with Crippen LogP contribution >= 0.6 is 0 Å². The number of anilines is 3. The molecular formula is C29H28F3N7O. The predicted octanol–water partition coefficient (Wildman–Crippen LogP) is 6.07. The van der Waals surface area contributed by atoms with Crippen LogP contribution in [0.5, 0.6) is 0 Å². The Hall–Kier alpha value is -4.38. The van der Waals surface area contributed by atoms with E-state index in [0.29, 0.717) is 28.6 Å². The predicted molar refractivity (Wildman–Crippen MR) is 146 cm³/mol. The van der Waals surface area contributed by atoms with Crippen molar-refractivity contribution in [2.75, 3.05) is 30.8 Å². The molecule has 0 radical (unpaired) electrons. The van der Waals surface area contributed by atoms with Crippen LogP contribution in [0.4, 0.5) is 30.5 Å². The lowest BCUT2D eigenvalue weighted by molar-refractivity contribution is -0.137. The molecule has 2 N–H and O–H groups in total. The summed E-state index contributed by atoms with van der Waals surface area (Å²) < 4.78 is 41.2. The number of hydrogen-bond acceptors (Lipinski definition) is 7. The van der Waals surface area contributed by atoms with E-state index in [1.54, 1.807) is 43.7 Å². The van der Waals surface area contributed by atoms with Gasteiger partial charge in [-0.05, 0) is 93.8 Å². The molecule has 0 aliphatic carbocycles. The molecule has 1 amide bonds. The standard InChI is InChI=1S/C29H28F3N7O/c1-18-26(38-28-34-9-5-25(37-28)20-4-3-8-33-16-20)14-22(17-35-18)27(40)36-24-13-21(12-23(15-24)29(30,31)32)19-6-10-39(2)11-7-19/h3-5,8-9,12-17,19H,6-7,10-11H2,1-2H3,(H,36,40)(H,34,37,38). The number of rotatable bonds is 6. The molecular weight excluding hydrogens is 519 g/mol. The number of nitrogens with one attached hydrogen (secondary N) is 2. The minimum absolute atomic E-state index is 0.00609. The maximum atomic E-state index is 13.7. The molecule has 40 heavy (non-hydrogen) atoms. The van der Waals surface area contributed by atoms with Gasteiger partial charge >= 0.3 is 6.18 Å². The molecule has 0 unspecified atom stereocenters. The van der Waals surface area contributed by atoms with Gasteiger partial charge in [0.05, 0.1) is 28.2 Å². The number of nitrogens with zero attached hydrogens (tertiary/aromatic N) is 5. The van der Waals surface area contributed by atoms with Crippen molar-refractivity contribution >= 4 is 23.2 Å². The zero-order chi connectivity index (χ0) is 28.3. The Labute approximate surface area is 229 Å². The van der Waals surface area contributed by atoms with Gasteiger partial charge in [-0.1, -0.05) is 0 Å². The smallest absolute Gasteiger partial charge is 0.323 e. The number of piperidine rings is 1. The maximum absolute atomic E-state index is 13.7. The van der Waals surface area contributed by atoms with E-state index in [0.717, 1.165) is 37.6 Å². The second kappa shape index (κ2) is 11.4. The first-order chi connectivity index (χ1) is 19.2. The fraction of sp³-hybridized carbons (Fsp3) is 0.276. The third-order valence-corrected chi connectivity index (χ3v) is 6.94. The fourth-order valence-electron chi connectivity index (χ4n) is 4.67. The van der Waals surface area contributed by atoms with E-state index in [1.165, 1.54) is 12.3 Å². The van der Waals surface area contributed by atoms with Gasteiger partial charge in [0.1, 0.15) is 0 Å². The maximum Gasteiger partial charge on any atom is 0.416 e. The van der Waals surface area contributed by atoms with Gasteiger partial charge in [0.25, 0.3) is 5.91 Å². The lowest BCUT2D eigenvalue weighted by atomic mass is 9.88. The summed E-state index contributed by atoms with van der Waals surface area (Å²) in [5.74, 6) is -0.285. The van der Waals surface area contributed by atoms with Crippen LogP contribution in [0.1, 0.15) is 45.9 Å². The number of carbonyl (C=O) groups is 1. The third-order valence-electron chi connectivity index (χ3n) is 6.94. The van der Waals surface area contributed by atoms with Gasteiger partial charge in [0, 0.05) is 36.0 Å². The Morgan fingerprint density at radius 1 is 1.02 bits per heavy atom. The van der Waals surface area contributed by atoms with Crippen LogP contribution in [0.15, 0.2) is 67.3 Å². The van der Waals surface area contributed by atoms with Gasteiger partial charge in [-0.25, -0.2) is 9.97 Å². The highest BCUT2D eigenvalue weighted by atomic mass is 19.4. The highest BCUT2D eigenvalue weighted by Crippen LogP contribution is 2.36. The summed E-state index contributed by atoms with van der Waals surface area (Å²) in [6.07, 6.45) is 3.33. The first-order valence-electron chi connectivity index (χ1n) is 12.8. The van der Waals surface area contributed by atoms with Gasteiger partial charge in [-0.2, -0.15) is 13.2 Å². The number of alkyl halides is 3. The van der Waals surface area contributed by atoms with Crippen molar-refractivity contribution in [2.24, 2.45) is 0 Å². The number of likely N-dealkylation sites (tertiary alicyclic amines) is 1. The summed E-state index contributed by atoms with van der Waals surface area (Å²) in [7, 11) is 2.00. The third kappa shape index (κ3) is 6.42. The Morgan fingerprint density at radius 2 is 1.82 bits per heavy atom. The second-order valence-corrected chi connectivity index (χ2v) is 9.86. The summed E-state index contributed by atoms with van der Waals surface area (Å²) in [5.41, 5.74) is 2.63. The fourth-order valence-corrected chi connectivity index (χ4v) is 4.67. The minimum Gasteiger partial charge on any atom is -0.323 e. The van der Waals surface area contributed by atoms with E-state index < -0.39 is 17.6 Å². The van der Waals surface area contributed by atoms with Crippen LogP contribution in [0, 0.1) is 6.92 Å². The van der Waals surface area contributed by atoms with Gasteiger partial charge in [-0.15, -0.1) is 0 Å². The minimum atomic E-state index is -4.53. The molecule has 4 aromatic rings. The monoisotopic (exact) mass is 547 g/mol. The largest absolute Gasteiger partial charge is 0.416 e. The van der Waals surface area contributed by atoms with Crippen LogP contribution in [-0.2, 0) is 6.18 Å². The Morgan fingerprint density at radius 3 is 2.55 bits per heavy atom. The van der Waals surface area contributed by atoms with E-state index in [1.807, 2.05) is 19.2 Å². The van der Waals surface area contributed by atoms with E-state index >= 15 is 0 Å². The van der Waals surface area contributed by atoms with Gasteiger partial charge in [-0.3, -0.25) is 14.8 Å². The lowest BCUT2D eigenvalue weighted by Gasteiger charge is -2.29. The van der Waals surface area contributed by atoms with Crippen molar-refractivity contribution in [1.82, 2.24) is 24.8 Å². The van der Waals surface area contributed by atoms with Crippen LogP contribution < -0.4 is 10.6 Å². The van der Waals surface area contributed by atoms with Crippen molar-refractivity contribution in [3.63, 3.8) is 0 Å². The Kier molecular flexibility index (Phi) is 7.74. The van der Waals surface area contributed by atoms with Crippen LogP contribution in [0.25, 0.3) is 11.3 Å². The van der Waals surface area contributed by atoms with Crippen molar-refractivity contribution in [2.45, 2.75) is 31.9 Å². The lowest BCUT2D eigenvalue weighted by Crippen LogP contribution is -2.29. The number of benzene rings is 1. The molecule has 1 aliphatic heterocycles. The van der Waals surface area contributed by atoms with Crippen LogP contribution in [0.2, 0.25) is 0 Å². The first-order valence-corrected chi connectivity index (χ1v) is 12.8. The summed E-state index contributed by atoms with van der Waals surface area (Å²) in [6.45, 7) is 3.38. The number of aryl methyl sites for hydroxylation is 1. The van der Waals surface area contributed by atoms with Crippen molar-refractivity contribution in [3.05, 3.63) is 89.6 Å². The molecule has 1 saturated heterocycles. The highest BCUT2D eigenvalue weighted by Gasteiger charge is 2.32. The number of pyridine rings is 2. The molecule has 3 aromatic heterocycles. The van der Waals surface area contributed by atoms with E-state index in [4.69, 9.17) is 0 Å². The summed E-state index contributed by atoms with van der Waals surface area (Å²) >= 11 is 0. The molecule has 0 saturated carbocycles. The molecule has 0 bridgehead atoms. The quantitative estimate of drug-likeness (QED) is 0.303. The molecule has 4 heterocycles. The van der Waals surface area contributed by atoms with Gasteiger partial charge < -0.3 is 15.5 Å². The molecule has 206 valence electrons. The van der Waals surface area contributed by atoms with Crippen molar-refractivity contribution in [1.29, 1.82) is 0 Å². The molecule has 1 aliphatic rings. The normalized spacial score (nSPS) is 14.6. The number of hydrogen-bond donors (Lipinski definition) is 2.